The largest absolute Gasteiger partial charge is 0.418 e. The van der Waals surface area contributed by atoms with Crippen LogP contribution in [0.4, 0.5) is 30.6 Å². The normalized spacial score (nSPS) is 12.5. The molecule has 152 valence electrons. The first-order chi connectivity index (χ1) is 13.8. The van der Waals surface area contributed by atoms with Gasteiger partial charge in [-0.15, -0.1) is 0 Å². The van der Waals surface area contributed by atoms with Gasteiger partial charge in [0.1, 0.15) is 5.82 Å². The van der Waals surface area contributed by atoms with Crippen molar-refractivity contribution in [3.63, 3.8) is 0 Å². The van der Waals surface area contributed by atoms with Crippen molar-refractivity contribution in [1.29, 1.82) is 0 Å². The summed E-state index contributed by atoms with van der Waals surface area (Å²) >= 11 is 6.02. The minimum atomic E-state index is -4.60. The fraction of sp³-hybridized carbons (Fsp3) is 0.211. The summed E-state index contributed by atoms with van der Waals surface area (Å²) in [5.41, 5.74) is -0.334. The summed E-state index contributed by atoms with van der Waals surface area (Å²) in [6, 6.07) is 9.82. The molecule has 0 aliphatic carbocycles. The lowest BCUT2D eigenvalue weighted by Crippen LogP contribution is -2.21. The molecule has 2 aromatic heterocycles. The molecule has 6 nitrogen and oxygen atoms in total. The number of benzene rings is 1. The van der Waals surface area contributed by atoms with E-state index in [0.717, 1.165) is 6.07 Å². The van der Waals surface area contributed by atoms with Gasteiger partial charge in [-0.05, 0) is 31.2 Å². The third-order valence-electron chi connectivity index (χ3n) is 3.87. The zero-order valence-corrected chi connectivity index (χ0v) is 16.0. The van der Waals surface area contributed by atoms with Crippen LogP contribution in [0.5, 0.6) is 0 Å². The fourth-order valence-electron chi connectivity index (χ4n) is 2.50. The smallest absolute Gasteiger partial charge is 0.394 e. The minimum Gasteiger partial charge on any atom is -0.394 e. The summed E-state index contributed by atoms with van der Waals surface area (Å²) in [6.07, 6.45) is -3.03. The van der Waals surface area contributed by atoms with Crippen LogP contribution in [0.25, 0.3) is 11.4 Å². The number of pyridine rings is 1. The van der Waals surface area contributed by atoms with Crippen molar-refractivity contribution in [2.24, 2.45) is 0 Å². The van der Waals surface area contributed by atoms with Gasteiger partial charge in [-0.3, -0.25) is 4.98 Å². The third kappa shape index (κ3) is 5.12. The van der Waals surface area contributed by atoms with Crippen LogP contribution < -0.4 is 10.6 Å². The summed E-state index contributed by atoms with van der Waals surface area (Å²) in [4.78, 5) is 12.8. The Morgan fingerprint density at radius 1 is 1.10 bits per heavy atom. The van der Waals surface area contributed by atoms with E-state index in [0.29, 0.717) is 11.4 Å². The summed E-state index contributed by atoms with van der Waals surface area (Å²) in [5.74, 6) is 0.213. The predicted molar refractivity (Wildman–Crippen MR) is 105 cm³/mol. The first-order valence-electron chi connectivity index (χ1n) is 8.58. The van der Waals surface area contributed by atoms with Crippen LogP contribution in [0.3, 0.4) is 0 Å². The van der Waals surface area contributed by atoms with Gasteiger partial charge in [-0.1, -0.05) is 23.7 Å². The van der Waals surface area contributed by atoms with Gasteiger partial charge in [-0.2, -0.15) is 18.2 Å². The standard InChI is InChI=1S/C19H17ClF3N5O/c1-11(10-29)25-18-26-15(14-7-2-3-8-24-14)9-16(28-18)27-17-12(19(21,22)23)5-4-6-13(17)20/h2-9,11,29H,10H2,1H3,(H2,25,26,27,28)/t11-/m1/s1. The summed E-state index contributed by atoms with van der Waals surface area (Å²) in [5, 5.41) is 14.7. The highest BCUT2D eigenvalue weighted by Crippen LogP contribution is 2.39. The minimum absolute atomic E-state index is 0.0897. The van der Waals surface area contributed by atoms with Crippen LogP contribution in [0, 0.1) is 0 Å². The molecule has 0 spiro atoms. The number of para-hydroxylation sites is 1. The van der Waals surface area contributed by atoms with Gasteiger partial charge in [0.05, 0.1) is 34.3 Å². The van der Waals surface area contributed by atoms with Crippen molar-refractivity contribution in [2.45, 2.75) is 19.1 Å². The fourth-order valence-corrected chi connectivity index (χ4v) is 2.72. The molecular weight excluding hydrogens is 407 g/mol. The number of rotatable bonds is 6. The molecule has 29 heavy (non-hydrogen) atoms. The van der Waals surface area contributed by atoms with E-state index in [1.807, 2.05) is 0 Å². The highest BCUT2D eigenvalue weighted by Gasteiger charge is 2.34. The second-order valence-corrected chi connectivity index (χ2v) is 6.60. The molecule has 1 aromatic carbocycles. The molecule has 10 heteroatoms. The topological polar surface area (TPSA) is 83.0 Å². The number of aliphatic hydroxyl groups is 1. The highest BCUT2D eigenvalue weighted by molar-refractivity contribution is 6.33. The third-order valence-corrected chi connectivity index (χ3v) is 4.19. The highest BCUT2D eigenvalue weighted by atomic mass is 35.5. The number of nitrogens with zero attached hydrogens (tertiary/aromatic N) is 3. The number of aromatic nitrogens is 3. The quantitative estimate of drug-likeness (QED) is 0.531. The lowest BCUT2D eigenvalue weighted by Gasteiger charge is -2.17. The van der Waals surface area contributed by atoms with Gasteiger partial charge in [0.15, 0.2) is 0 Å². The van der Waals surface area contributed by atoms with Gasteiger partial charge in [0.25, 0.3) is 0 Å². The van der Waals surface area contributed by atoms with E-state index in [2.05, 4.69) is 25.6 Å². The van der Waals surface area contributed by atoms with Gasteiger partial charge >= 0.3 is 6.18 Å². The van der Waals surface area contributed by atoms with Crippen molar-refractivity contribution in [3.8, 4) is 11.4 Å². The van der Waals surface area contributed by atoms with Crippen LogP contribution >= 0.6 is 11.6 Å². The van der Waals surface area contributed by atoms with Crippen molar-refractivity contribution in [1.82, 2.24) is 15.0 Å². The van der Waals surface area contributed by atoms with Crippen molar-refractivity contribution < 1.29 is 18.3 Å². The molecule has 3 aromatic rings. The maximum absolute atomic E-state index is 13.4. The number of halogens is 4. The Hall–Kier alpha value is -2.91. The maximum Gasteiger partial charge on any atom is 0.418 e. The summed E-state index contributed by atoms with van der Waals surface area (Å²) < 4.78 is 40.2. The Morgan fingerprint density at radius 3 is 2.55 bits per heavy atom. The van der Waals surface area contributed by atoms with E-state index in [1.54, 1.807) is 31.3 Å². The molecular formula is C19H17ClF3N5O. The van der Waals surface area contributed by atoms with E-state index >= 15 is 0 Å². The maximum atomic E-state index is 13.4. The molecule has 0 bridgehead atoms. The zero-order chi connectivity index (χ0) is 21.0. The summed E-state index contributed by atoms with van der Waals surface area (Å²) in [7, 11) is 0. The molecule has 0 amide bonds. The molecule has 0 saturated carbocycles. The van der Waals surface area contributed by atoms with Gasteiger partial charge < -0.3 is 15.7 Å². The average molecular weight is 424 g/mol. The van der Waals surface area contributed by atoms with Crippen molar-refractivity contribution >= 4 is 29.1 Å². The number of aliphatic hydroxyl groups excluding tert-OH is 1. The van der Waals surface area contributed by atoms with Crippen molar-refractivity contribution in [3.05, 3.63) is 59.2 Å². The number of hydrogen-bond acceptors (Lipinski definition) is 6. The van der Waals surface area contributed by atoms with Crippen LogP contribution in [0.15, 0.2) is 48.7 Å². The van der Waals surface area contributed by atoms with Crippen LogP contribution in [-0.2, 0) is 6.18 Å². The first kappa shape index (κ1) is 20.8. The second kappa shape index (κ2) is 8.62. The van der Waals surface area contributed by atoms with Crippen LogP contribution in [0.2, 0.25) is 5.02 Å². The van der Waals surface area contributed by atoms with E-state index in [9.17, 15) is 18.3 Å². The Balaban J connectivity index is 2.07. The van der Waals surface area contributed by atoms with Gasteiger partial charge in [0, 0.05) is 18.3 Å². The average Bonchev–Trinajstić information content (AvgIpc) is 2.69. The number of hydrogen-bond donors (Lipinski definition) is 3. The molecule has 1 atom stereocenters. The monoisotopic (exact) mass is 423 g/mol. The first-order valence-corrected chi connectivity index (χ1v) is 8.96. The Labute approximate surface area is 169 Å². The van der Waals surface area contributed by atoms with Crippen LogP contribution in [0.1, 0.15) is 12.5 Å². The lowest BCUT2D eigenvalue weighted by molar-refractivity contribution is -0.136. The van der Waals surface area contributed by atoms with Crippen molar-refractivity contribution in [2.75, 3.05) is 17.2 Å². The molecule has 3 rings (SSSR count). The second-order valence-electron chi connectivity index (χ2n) is 6.19. The number of nitrogens with one attached hydrogen (secondary N) is 2. The Bertz CT molecular complexity index is 985. The Morgan fingerprint density at radius 2 is 1.90 bits per heavy atom. The van der Waals surface area contributed by atoms with E-state index in [4.69, 9.17) is 11.6 Å². The van der Waals surface area contributed by atoms with Gasteiger partial charge in [0.2, 0.25) is 5.95 Å². The SMILES string of the molecule is C[C@H](CO)Nc1nc(Nc2c(Cl)cccc2C(F)(F)F)cc(-c2ccccn2)n1. The summed E-state index contributed by atoms with van der Waals surface area (Å²) in [6.45, 7) is 1.53. The number of anilines is 3. The molecule has 3 N–H and O–H groups in total. The van der Waals surface area contributed by atoms with Gasteiger partial charge in [-0.25, -0.2) is 4.98 Å². The van der Waals surface area contributed by atoms with E-state index in [1.165, 1.54) is 18.2 Å². The number of alkyl halides is 3. The molecule has 2 heterocycles. The molecule has 0 aliphatic rings. The molecule has 0 radical (unpaired) electrons. The molecule has 0 aliphatic heterocycles. The predicted octanol–water partition coefficient (Wildman–Crippen LogP) is 4.75. The lowest BCUT2D eigenvalue weighted by atomic mass is 10.1. The molecule has 0 fully saturated rings. The zero-order valence-electron chi connectivity index (χ0n) is 15.2. The van der Waals surface area contributed by atoms with Crippen LogP contribution in [-0.4, -0.2) is 32.7 Å². The molecule has 0 saturated heterocycles. The van der Waals surface area contributed by atoms with E-state index < -0.39 is 11.7 Å². The Kier molecular flexibility index (Phi) is 6.19. The van der Waals surface area contributed by atoms with E-state index in [-0.39, 0.29) is 35.1 Å². The molecule has 0 unspecified atom stereocenters.